The zero-order chi connectivity index (χ0) is 10.8. The average Bonchev–Trinajstić information content (AvgIpc) is 2.11. The van der Waals surface area contributed by atoms with E-state index in [0.29, 0.717) is 19.1 Å². The van der Waals surface area contributed by atoms with Crippen LogP contribution in [0.3, 0.4) is 0 Å². The van der Waals surface area contributed by atoms with Crippen molar-refractivity contribution in [3.63, 3.8) is 0 Å². The van der Waals surface area contributed by atoms with E-state index in [1.807, 2.05) is 6.92 Å². The van der Waals surface area contributed by atoms with E-state index in [1.165, 1.54) is 6.08 Å². The van der Waals surface area contributed by atoms with Gasteiger partial charge in [0, 0.05) is 13.2 Å². The lowest BCUT2D eigenvalue weighted by Crippen LogP contribution is -2.25. The molecule has 0 unspecified atom stereocenters. The van der Waals surface area contributed by atoms with Gasteiger partial charge in [-0.3, -0.25) is 4.79 Å². The van der Waals surface area contributed by atoms with E-state index in [9.17, 15) is 4.79 Å². The number of carbonyl (C=O) groups is 1. The van der Waals surface area contributed by atoms with Gasteiger partial charge in [0.1, 0.15) is 0 Å². The second-order valence-electron chi connectivity index (χ2n) is 3.59. The highest BCUT2D eigenvalue weighted by Gasteiger charge is 1.95. The van der Waals surface area contributed by atoms with Crippen molar-refractivity contribution in [3.8, 4) is 0 Å². The summed E-state index contributed by atoms with van der Waals surface area (Å²) in [5, 5.41) is 2.72. The van der Waals surface area contributed by atoms with Crippen LogP contribution in [-0.2, 0) is 9.53 Å². The van der Waals surface area contributed by atoms with Crippen LogP contribution in [0, 0.1) is 5.92 Å². The molecule has 0 saturated heterocycles. The van der Waals surface area contributed by atoms with Gasteiger partial charge in [-0.2, -0.15) is 0 Å². The van der Waals surface area contributed by atoms with E-state index in [-0.39, 0.29) is 5.91 Å². The van der Waals surface area contributed by atoms with Crippen molar-refractivity contribution in [1.82, 2.24) is 5.32 Å². The molecule has 3 heteroatoms. The highest BCUT2D eigenvalue weighted by molar-refractivity contribution is 5.87. The quantitative estimate of drug-likeness (QED) is 0.501. The van der Waals surface area contributed by atoms with E-state index in [4.69, 9.17) is 4.74 Å². The van der Waals surface area contributed by atoms with E-state index in [0.717, 1.165) is 13.0 Å². The lowest BCUT2D eigenvalue weighted by Gasteiger charge is -2.06. The van der Waals surface area contributed by atoms with Gasteiger partial charge in [-0.25, -0.2) is 0 Å². The van der Waals surface area contributed by atoms with E-state index >= 15 is 0 Å². The Labute approximate surface area is 86.5 Å². The summed E-state index contributed by atoms with van der Waals surface area (Å²) in [5.74, 6) is 0.618. The summed E-state index contributed by atoms with van der Waals surface area (Å²) in [5.41, 5.74) is 0. The molecule has 14 heavy (non-hydrogen) atoms. The molecular formula is C11H21NO2. The maximum absolute atomic E-state index is 10.9. The summed E-state index contributed by atoms with van der Waals surface area (Å²) < 4.78 is 5.33. The standard InChI is InChI=1S/C11H21NO2/c1-4-5-11(13)12-7-9-14-8-6-10(2)3/h4-5,10H,6-9H2,1-3H3,(H,12,13). The summed E-state index contributed by atoms with van der Waals surface area (Å²) in [6, 6.07) is 0. The Kier molecular flexibility index (Phi) is 8.24. The fraction of sp³-hybridized carbons (Fsp3) is 0.727. The predicted octanol–water partition coefficient (Wildman–Crippen LogP) is 1.74. The van der Waals surface area contributed by atoms with Crippen LogP contribution in [0.1, 0.15) is 27.2 Å². The normalized spacial score (nSPS) is 11.1. The molecule has 0 atom stereocenters. The molecule has 0 aromatic heterocycles. The summed E-state index contributed by atoms with van der Waals surface area (Å²) >= 11 is 0. The van der Waals surface area contributed by atoms with Crippen LogP contribution >= 0.6 is 0 Å². The fourth-order valence-electron chi connectivity index (χ4n) is 0.878. The minimum Gasteiger partial charge on any atom is -0.380 e. The Morgan fingerprint density at radius 1 is 1.43 bits per heavy atom. The Bertz CT molecular complexity index is 176. The van der Waals surface area contributed by atoms with Gasteiger partial charge in [-0.05, 0) is 25.3 Å². The maximum atomic E-state index is 10.9. The monoisotopic (exact) mass is 199 g/mol. The molecular weight excluding hydrogens is 178 g/mol. The smallest absolute Gasteiger partial charge is 0.243 e. The highest BCUT2D eigenvalue weighted by atomic mass is 16.5. The summed E-state index contributed by atoms with van der Waals surface area (Å²) in [7, 11) is 0. The van der Waals surface area contributed by atoms with Gasteiger partial charge >= 0.3 is 0 Å². The van der Waals surface area contributed by atoms with Crippen LogP contribution in [-0.4, -0.2) is 25.7 Å². The third-order valence-electron chi connectivity index (χ3n) is 1.70. The van der Waals surface area contributed by atoms with Crippen molar-refractivity contribution in [1.29, 1.82) is 0 Å². The Morgan fingerprint density at radius 3 is 2.71 bits per heavy atom. The highest BCUT2D eigenvalue weighted by Crippen LogP contribution is 1.98. The first-order valence-electron chi connectivity index (χ1n) is 5.15. The second-order valence-corrected chi connectivity index (χ2v) is 3.59. The largest absolute Gasteiger partial charge is 0.380 e. The van der Waals surface area contributed by atoms with Gasteiger partial charge in [0.05, 0.1) is 6.61 Å². The van der Waals surface area contributed by atoms with E-state index < -0.39 is 0 Å². The van der Waals surface area contributed by atoms with Crippen LogP contribution < -0.4 is 5.32 Å². The summed E-state index contributed by atoms with van der Waals surface area (Å²) in [4.78, 5) is 10.9. The van der Waals surface area contributed by atoms with Crippen molar-refractivity contribution in [2.45, 2.75) is 27.2 Å². The van der Waals surface area contributed by atoms with Crippen molar-refractivity contribution in [2.75, 3.05) is 19.8 Å². The third-order valence-corrected chi connectivity index (χ3v) is 1.70. The van der Waals surface area contributed by atoms with Crippen LogP contribution in [0.5, 0.6) is 0 Å². The zero-order valence-electron chi connectivity index (χ0n) is 9.38. The van der Waals surface area contributed by atoms with Gasteiger partial charge in [-0.1, -0.05) is 19.9 Å². The van der Waals surface area contributed by atoms with Gasteiger partial charge in [0.15, 0.2) is 0 Å². The molecule has 1 amide bonds. The van der Waals surface area contributed by atoms with Crippen LogP contribution in [0.15, 0.2) is 12.2 Å². The number of nitrogens with one attached hydrogen (secondary N) is 1. The molecule has 82 valence electrons. The molecule has 0 heterocycles. The predicted molar refractivity (Wildman–Crippen MR) is 58.1 cm³/mol. The van der Waals surface area contributed by atoms with Gasteiger partial charge in [0.25, 0.3) is 0 Å². The Morgan fingerprint density at radius 2 is 2.14 bits per heavy atom. The lowest BCUT2D eigenvalue weighted by molar-refractivity contribution is -0.116. The SMILES string of the molecule is CC=CC(=O)NCCOCCC(C)C. The van der Waals surface area contributed by atoms with E-state index in [1.54, 1.807) is 6.08 Å². The first-order valence-corrected chi connectivity index (χ1v) is 5.15. The minimum atomic E-state index is -0.0556. The average molecular weight is 199 g/mol. The van der Waals surface area contributed by atoms with Gasteiger partial charge in [0.2, 0.25) is 5.91 Å². The minimum absolute atomic E-state index is 0.0556. The molecule has 3 nitrogen and oxygen atoms in total. The molecule has 0 aliphatic heterocycles. The van der Waals surface area contributed by atoms with Gasteiger partial charge < -0.3 is 10.1 Å². The topological polar surface area (TPSA) is 38.3 Å². The van der Waals surface area contributed by atoms with Crippen LogP contribution in [0.4, 0.5) is 0 Å². The molecule has 0 aromatic rings. The van der Waals surface area contributed by atoms with Crippen molar-refractivity contribution >= 4 is 5.91 Å². The molecule has 0 aliphatic carbocycles. The fourth-order valence-corrected chi connectivity index (χ4v) is 0.878. The van der Waals surface area contributed by atoms with E-state index in [2.05, 4.69) is 19.2 Å². The van der Waals surface area contributed by atoms with Gasteiger partial charge in [-0.15, -0.1) is 0 Å². The molecule has 0 rings (SSSR count). The number of hydrogen-bond acceptors (Lipinski definition) is 2. The Hall–Kier alpha value is -0.830. The van der Waals surface area contributed by atoms with Crippen LogP contribution in [0.2, 0.25) is 0 Å². The maximum Gasteiger partial charge on any atom is 0.243 e. The molecule has 0 bridgehead atoms. The number of amides is 1. The molecule has 0 spiro atoms. The number of ether oxygens (including phenoxy) is 1. The molecule has 0 radical (unpaired) electrons. The zero-order valence-corrected chi connectivity index (χ0v) is 9.38. The van der Waals surface area contributed by atoms with Crippen molar-refractivity contribution < 1.29 is 9.53 Å². The van der Waals surface area contributed by atoms with Crippen molar-refractivity contribution in [3.05, 3.63) is 12.2 Å². The second kappa shape index (κ2) is 8.75. The molecule has 0 fully saturated rings. The summed E-state index contributed by atoms with van der Waals surface area (Å²) in [6.45, 7) is 8.10. The van der Waals surface area contributed by atoms with Crippen molar-refractivity contribution in [2.24, 2.45) is 5.92 Å². The number of carbonyl (C=O) groups excluding carboxylic acids is 1. The van der Waals surface area contributed by atoms with Crippen LogP contribution in [0.25, 0.3) is 0 Å². The molecule has 0 aromatic carbocycles. The first-order chi connectivity index (χ1) is 6.66. The first kappa shape index (κ1) is 13.2. The number of hydrogen-bond donors (Lipinski definition) is 1. The Balaban J connectivity index is 3.17. The third kappa shape index (κ3) is 9.26. The molecule has 0 aliphatic rings. The number of rotatable bonds is 7. The number of allylic oxidation sites excluding steroid dienone is 1. The summed E-state index contributed by atoms with van der Waals surface area (Å²) in [6.07, 6.45) is 4.30. The lowest BCUT2D eigenvalue weighted by atomic mass is 10.1. The molecule has 1 N–H and O–H groups in total. The molecule has 0 saturated carbocycles.